The normalized spacial score (nSPS) is 10.5. The van der Waals surface area contributed by atoms with Gasteiger partial charge >= 0.3 is 5.97 Å². The Hall–Kier alpha value is -6.07. The van der Waals surface area contributed by atoms with E-state index in [1.54, 1.807) is 0 Å². The van der Waals surface area contributed by atoms with Gasteiger partial charge in [0.05, 0.1) is 0 Å². The summed E-state index contributed by atoms with van der Waals surface area (Å²) in [5.74, 6) is 0.0725. The summed E-state index contributed by atoms with van der Waals surface area (Å²) in [6.07, 6.45) is 1.11. The summed E-state index contributed by atoms with van der Waals surface area (Å²) in [7, 11) is 0. The number of hydrogen-bond acceptors (Lipinski definition) is 5. The lowest BCUT2D eigenvalue weighted by molar-refractivity contribution is -0.144. The summed E-state index contributed by atoms with van der Waals surface area (Å²) < 4.78 is 10.5. The minimum Gasteiger partial charge on any atom is -0.457 e. The molecular weight excluding hydrogens is 568 g/mol. The van der Waals surface area contributed by atoms with Crippen LogP contribution in [0.5, 0.6) is 5.75 Å². The van der Waals surface area contributed by atoms with Crippen molar-refractivity contribution in [1.29, 1.82) is 0 Å². The van der Waals surface area contributed by atoms with Crippen LogP contribution < -0.4 is 14.5 Å². The summed E-state index contributed by atoms with van der Waals surface area (Å²) in [5.41, 5.74) is 9.84. The second kappa shape index (κ2) is 14.1. The number of benzene rings is 6. The van der Waals surface area contributed by atoms with E-state index in [2.05, 4.69) is 132 Å². The predicted molar refractivity (Wildman–Crippen MR) is 188 cm³/mol. The molecule has 5 heteroatoms. The highest BCUT2D eigenvalue weighted by atomic mass is 16.7. The van der Waals surface area contributed by atoms with Gasteiger partial charge in [0.25, 0.3) is 0 Å². The highest BCUT2D eigenvalue weighted by Crippen LogP contribution is 2.38. The van der Waals surface area contributed by atoms with Crippen molar-refractivity contribution in [3.63, 3.8) is 0 Å². The first-order valence-corrected chi connectivity index (χ1v) is 15.1. The molecule has 0 unspecified atom stereocenters. The molecule has 0 fully saturated rings. The van der Waals surface area contributed by atoms with Crippen molar-refractivity contribution in [2.24, 2.45) is 0 Å². The molecule has 0 N–H and O–H groups in total. The van der Waals surface area contributed by atoms with Gasteiger partial charge in [-0.1, -0.05) is 79.4 Å². The van der Waals surface area contributed by atoms with Crippen molar-refractivity contribution in [2.75, 3.05) is 16.6 Å². The van der Waals surface area contributed by atoms with Gasteiger partial charge < -0.3 is 19.3 Å². The smallest absolute Gasteiger partial charge is 0.333 e. The van der Waals surface area contributed by atoms with Crippen molar-refractivity contribution in [2.45, 2.75) is 6.92 Å². The number of hydrogen-bond donors (Lipinski definition) is 0. The molecular formula is C41H34N2O3. The predicted octanol–water partition coefficient (Wildman–Crippen LogP) is 10.7. The van der Waals surface area contributed by atoms with Crippen molar-refractivity contribution >= 4 is 40.1 Å². The number of nitrogens with zero attached hydrogens (tertiary/aromatic N) is 2. The second-order valence-corrected chi connectivity index (χ2v) is 10.7. The Bertz CT molecular complexity index is 1890. The zero-order valence-electron chi connectivity index (χ0n) is 25.6. The van der Waals surface area contributed by atoms with E-state index >= 15 is 0 Å². The van der Waals surface area contributed by atoms with Crippen LogP contribution in [0.15, 0.2) is 170 Å². The van der Waals surface area contributed by atoms with Gasteiger partial charge in [0.2, 0.25) is 6.79 Å². The number of esters is 1. The van der Waals surface area contributed by atoms with Gasteiger partial charge in [0.15, 0.2) is 0 Å². The Labute approximate surface area is 270 Å². The lowest BCUT2D eigenvalue weighted by Gasteiger charge is -2.26. The molecule has 0 aromatic heterocycles. The molecule has 6 aromatic carbocycles. The highest BCUT2D eigenvalue weighted by Gasteiger charge is 2.15. The van der Waals surface area contributed by atoms with Crippen molar-refractivity contribution in [3.8, 4) is 16.9 Å². The van der Waals surface area contributed by atoms with E-state index in [9.17, 15) is 4.79 Å². The summed E-state index contributed by atoms with van der Waals surface area (Å²) >= 11 is 0. The number of anilines is 6. The maximum absolute atomic E-state index is 11.3. The third-order valence-corrected chi connectivity index (χ3v) is 7.56. The zero-order valence-corrected chi connectivity index (χ0v) is 25.6. The topological polar surface area (TPSA) is 42.0 Å². The van der Waals surface area contributed by atoms with E-state index in [-0.39, 0.29) is 6.79 Å². The number of aryl methyl sites for hydroxylation is 1. The summed E-state index contributed by atoms with van der Waals surface area (Å²) in [6, 6.07) is 54.2. The number of carbonyl (C=O) groups excluding carboxylic acids is 1. The van der Waals surface area contributed by atoms with E-state index in [0.29, 0.717) is 5.75 Å². The molecule has 0 atom stereocenters. The summed E-state index contributed by atoms with van der Waals surface area (Å²) in [5, 5.41) is 0. The number of carbonyl (C=O) groups is 1. The zero-order chi connectivity index (χ0) is 31.7. The fraction of sp³-hybridized carbons (Fsp3) is 0.0488. The molecule has 0 amide bonds. The molecule has 0 saturated carbocycles. The molecule has 0 aliphatic rings. The van der Waals surface area contributed by atoms with E-state index in [0.717, 1.165) is 51.3 Å². The third-order valence-electron chi connectivity index (χ3n) is 7.56. The average Bonchev–Trinajstić information content (AvgIpc) is 3.11. The Morgan fingerprint density at radius 3 is 1.48 bits per heavy atom. The van der Waals surface area contributed by atoms with Gasteiger partial charge in [0.1, 0.15) is 5.75 Å². The van der Waals surface area contributed by atoms with Crippen LogP contribution in [0.1, 0.15) is 5.56 Å². The second-order valence-electron chi connectivity index (χ2n) is 10.7. The minimum atomic E-state index is -0.525. The molecule has 0 spiro atoms. The molecule has 0 saturated heterocycles. The fourth-order valence-corrected chi connectivity index (χ4v) is 5.33. The number of rotatable bonds is 11. The van der Waals surface area contributed by atoms with E-state index < -0.39 is 5.97 Å². The maximum atomic E-state index is 11.3. The molecule has 226 valence electrons. The first kappa shape index (κ1) is 30.0. The van der Waals surface area contributed by atoms with Crippen LogP contribution >= 0.6 is 0 Å². The van der Waals surface area contributed by atoms with Crippen molar-refractivity contribution in [1.82, 2.24) is 0 Å². The van der Waals surface area contributed by atoms with Gasteiger partial charge in [-0.15, -0.1) is 0 Å². The Balaban J connectivity index is 1.25. The van der Waals surface area contributed by atoms with Gasteiger partial charge in [-0.2, -0.15) is 0 Å². The van der Waals surface area contributed by atoms with E-state index in [1.165, 1.54) is 5.56 Å². The molecule has 5 nitrogen and oxygen atoms in total. The van der Waals surface area contributed by atoms with Crippen LogP contribution in [0.3, 0.4) is 0 Å². The molecule has 0 bridgehead atoms. The molecule has 46 heavy (non-hydrogen) atoms. The number of para-hydroxylation sites is 2. The largest absolute Gasteiger partial charge is 0.457 e. The van der Waals surface area contributed by atoms with Crippen LogP contribution in [0.2, 0.25) is 0 Å². The highest BCUT2D eigenvalue weighted by molar-refractivity contribution is 5.82. The first-order valence-electron chi connectivity index (χ1n) is 15.1. The SMILES string of the molecule is C=CC(=O)OCOc1ccc(N(c2ccccc2)c2ccc(-c3ccc(N(c4ccccc4)c4cccc(C)c4)cc3)cc2)cc1. The summed E-state index contributed by atoms with van der Waals surface area (Å²) in [6.45, 7) is 5.34. The Morgan fingerprint density at radius 1 is 0.565 bits per heavy atom. The monoisotopic (exact) mass is 602 g/mol. The van der Waals surface area contributed by atoms with Crippen molar-refractivity contribution < 1.29 is 14.3 Å². The van der Waals surface area contributed by atoms with Crippen LogP contribution in [-0.4, -0.2) is 12.8 Å². The van der Waals surface area contributed by atoms with Crippen LogP contribution in [0, 0.1) is 6.92 Å². The summed E-state index contributed by atoms with van der Waals surface area (Å²) in [4.78, 5) is 15.8. The van der Waals surface area contributed by atoms with Crippen LogP contribution in [-0.2, 0) is 9.53 Å². The van der Waals surface area contributed by atoms with E-state index in [1.807, 2.05) is 48.5 Å². The Morgan fingerprint density at radius 2 is 1.00 bits per heavy atom. The van der Waals surface area contributed by atoms with Crippen molar-refractivity contribution in [3.05, 3.63) is 176 Å². The van der Waals surface area contributed by atoms with Gasteiger partial charge in [-0.25, -0.2) is 4.79 Å². The Kier molecular flexibility index (Phi) is 9.22. The minimum absolute atomic E-state index is 0.175. The first-order chi connectivity index (χ1) is 22.6. The van der Waals surface area contributed by atoms with Gasteiger partial charge in [0, 0.05) is 40.2 Å². The average molecular weight is 603 g/mol. The lowest BCUT2D eigenvalue weighted by atomic mass is 10.0. The lowest BCUT2D eigenvalue weighted by Crippen LogP contribution is -2.10. The quantitative estimate of drug-likeness (QED) is 0.0838. The third kappa shape index (κ3) is 7.01. The fourth-order valence-electron chi connectivity index (χ4n) is 5.33. The molecule has 6 aromatic rings. The molecule has 0 aliphatic heterocycles. The molecule has 0 heterocycles. The molecule has 0 aliphatic carbocycles. The van der Waals surface area contributed by atoms with Crippen LogP contribution in [0.25, 0.3) is 11.1 Å². The molecule has 0 radical (unpaired) electrons. The maximum Gasteiger partial charge on any atom is 0.333 e. The molecule has 6 rings (SSSR count). The standard InChI is InChI=1S/C41H34N2O3/c1-3-41(44)46-30-45-40-27-25-38(26-28-40)42(34-12-6-4-7-13-34)36-21-17-32(18-22-36)33-19-23-37(24-20-33)43(35-14-8-5-9-15-35)39-16-10-11-31(2)29-39/h3-29H,1,30H2,2H3. The van der Waals surface area contributed by atoms with E-state index in [4.69, 9.17) is 9.47 Å². The van der Waals surface area contributed by atoms with Gasteiger partial charge in [-0.3, -0.25) is 0 Å². The van der Waals surface area contributed by atoms with Crippen LogP contribution in [0.4, 0.5) is 34.1 Å². The number of ether oxygens (including phenoxy) is 2. The van der Waals surface area contributed by atoms with Gasteiger partial charge in [-0.05, 0) is 109 Å².